The van der Waals surface area contributed by atoms with E-state index in [2.05, 4.69) is 19.1 Å². The predicted octanol–water partition coefficient (Wildman–Crippen LogP) is 3.07. The zero-order chi connectivity index (χ0) is 10.4. The number of allylic oxidation sites excluding steroid dienone is 1. The monoisotopic (exact) mass is 208 g/mol. The fourth-order valence-electron chi connectivity index (χ4n) is 1.10. The molecule has 0 aliphatic carbocycles. The molecule has 0 unspecified atom stereocenters. The number of rotatable bonds is 4. The second-order valence-corrected chi connectivity index (χ2v) is 3.30. The molecule has 1 aromatic carbocycles. The molecular formula is C12H13ClO. The van der Waals surface area contributed by atoms with Gasteiger partial charge >= 0.3 is 0 Å². The van der Waals surface area contributed by atoms with Crippen LogP contribution in [0.1, 0.15) is 18.1 Å². The molecule has 0 fully saturated rings. The van der Waals surface area contributed by atoms with E-state index in [1.165, 1.54) is 11.6 Å². The Hall–Kier alpha value is -1.08. The SMILES string of the molecule is CCc1ccc(C=CC(=O)CCl)cc1. The summed E-state index contributed by atoms with van der Waals surface area (Å²) in [6.07, 6.45) is 4.32. The lowest BCUT2D eigenvalue weighted by molar-refractivity contribution is -0.112. The van der Waals surface area contributed by atoms with Crippen molar-refractivity contribution in [1.82, 2.24) is 0 Å². The number of benzene rings is 1. The van der Waals surface area contributed by atoms with Gasteiger partial charge in [-0.05, 0) is 23.6 Å². The Morgan fingerprint density at radius 3 is 2.50 bits per heavy atom. The average Bonchev–Trinajstić information content (AvgIpc) is 2.26. The molecule has 1 nitrogen and oxygen atoms in total. The van der Waals surface area contributed by atoms with E-state index >= 15 is 0 Å². The highest BCUT2D eigenvalue weighted by atomic mass is 35.5. The Morgan fingerprint density at radius 2 is 2.00 bits per heavy atom. The summed E-state index contributed by atoms with van der Waals surface area (Å²) in [6.45, 7) is 2.11. The first-order valence-corrected chi connectivity index (χ1v) is 5.15. The number of hydrogen-bond acceptors (Lipinski definition) is 1. The maximum absolute atomic E-state index is 10.9. The third-order valence-corrected chi connectivity index (χ3v) is 2.24. The lowest BCUT2D eigenvalue weighted by atomic mass is 10.1. The second-order valence-electron chi connectivity index (χ2n) is 3.03. The summed E-state index contributed by atoms with van der Waals surface area (Å²) in [6, 6.07) is 8.11. The van der Waals surface area contributed by atoms with Crippen molar-refractivity contribution < 1.29 is 4.79 Å². The molecule has 0 atom stereocenters. The van der Waals surface area contributed by atoms with E-state index in [0.717, 1.165) is 12.0 Å². The smallest absolute Gasteiger partial charge is 0.170 e. The van der Waals surface area contributed by atoms with Crippen LogP contribution in [0.25, 0.3) is 6.08 Å². The highest BCUT2D eigenvalue weighted by Crippen LogP contribution is 2.06. The van der Waals surface area contributed by atoms with Crippen LogP contribution in [0.4, 0.5) is 0 Å². The van der Waals surface area contributed by atoms with Crippen molar-refractivity contribution in [2.24, 2.45) is 0 Å². The molecule has 14 heavy (non-hydrogen) atoms. The molecule has 0 aliphatic heterocycles. The Balaban J connectivity index is 2.68. The van der Waals surface area contributed by atoms with E-state index in [1.54, 1.807) is 6.08 Å². The third kappa shape index (κ3) is 3.35. The van der Waals surface area contributed by atoms with Crippen LogP contribution in [0.15, 0.2) is 30.3 Å². The second kappa shape index (κ2) is 5.61. The molecule has 74 valence electrons. The van der Waals surface area contributed by atoms with Crippen molar-refractivity contribution in [2.45, 2.75) is 13.3 Å². The molecule has 1 aromatic rings. The molecular weight excluding hydrogens is 196 g/mol. The molecule has 0 radical (unpaired) electrons. The molecule has 1 rings (SSSR count). The van der Waals surface area contributed by atoms with Crippen LogP contribution in [0.3, 0.4) is 0 Å². The molecule has 0 aliphatic rings. The van der Waals surface area contributed by atoms with Gasteiger partial charge < -0.3 is 0 Å². The Kier molecular flexibility index (Phi) is 4.41. The minimum absolute atomic E-state index is 0.0452. The van der Waals surface area contributed by atoms with Crippen molar-refractivity contribution in [3.63, 3.8) is 0 Å². The van der Waals surface area contributed by atoms with Crippen molar-refractivity contribution >= 4 is 23.5 Å². The summed E-state index contributed by atoms with van der Waals surface area (Å²) in [5.41, 5.74) is 2.33. The summed E-state index contributed by atoms with van der Waals surface area (Å²) in [5, 5.41) is 0. The van der Waals surface area contributed by atoms with Gasteiger partial charge in [-0.15, -0.1) is 11.6 Å². The van der Waals surface area contributed by atoms with Crippen molar-refractivity contribution in [2.75, 3.05) is 5.88 Å². The minimum Gasteiger partial charge on any atom is -0.294 e. The van der Waals surface area contributed by atoms with E-state index in [-0.39, 0.29) is 11.7 Å². The third-order valence-electron chi connectivity index (χ3n) is 1.98. The first-order valence-electron chi connectivity index (χ1n) is 4.62. The highest BCUT2D eigenvalue weighted by molar-refractivity contribution is 6.29. The molecule has 0 bridgehead atoms. The van der Waals surface area contributed by atoms with Gasteiger partial charge in [0.05, 0.1) is 5.88 Å². The number of halogens is 1. The summed E-state index contributed by atoms with van der Waals surface area (Å²) in [5.74, 6) is -0.0185. The molecule has 0 amide bonds. The number of ketones is 1. The van der Waals surface area contributed by atoms with Crippen molar-refractivity contribution in [3.8, 4) is 0 Å². The van der Waals surface area contributed by atoms with Gasteiger partial charge in [0, 0.05) is 0 Å². The van der Waals surface area contributed by atoms with E-state index in [1.807, 2.05) is 12.1 Å². The topological polar surface area (TPSA) is 17.1 Å². The lowest BCUT2D eigenvalue weighted by Gasteiger charge is -1.96. The Morgan fingerprint density at radius 1 is 1.36 bits per heavy atom. The molecule has 2 heteroatoms. The van der Waals surface area contributed by atoms with Crippen LogP contribution in [0.2, 0.25) is 0 Å². The average molecular weight is 209 g/mol. The summed E-state index contributed by atoms with van der Waals surface area (Å²) >= 11 is 5.37. The maximum atomic E-state index is 10.9. The van der Waals surface area contributed by atoms with E-state index in [0.29, 0.717) is 0 Å². The molecule has 0 saturated carbocycles. The first kappa shape index (κ1) is 11.0. The number of alkyl halides is 1. The maximum Gasteiger partial charge on any atom is 0.170 e. The van der Waals surface area contributed by atoms with Gasteiger partial charge in [0.1, 0.15) is 0 Å². The normalized spacial score (nSPS) is 10.7. The molecule has 0 saturated heterocycles. The first-order chi connectivity index (χ1) is 6.76. The van der Waals surface area contributed by atoms with Gasteiger partial charge in [-0.1, -0.05) is 37.3 Å². The van der Waals surface area contributed by atoms with Gasteiger partial charge in [0.15, 0.2) is 5.78 Å². The van der Waals surface area contributed by atoms with Crippen LogP contribution in [-0.4, -0.2) is 11.7 Å². The van der Waals surface area contributed by atoms with Crippen LogP contribution in [0.5, 0.6) is 0 Å². The molecule has 0 heterocycles. The van der Waals surface area contributed by atoms with Crippen molar-refractivity contribution in [1.29, 1.82) is 0 Å². The summed E-state index contributed by atoms with van der Waals surface area (Å²) < 4.78 is 0. The fraction of sp³-hybridized carbons (Fsp3) is 0.250. The van der Waals surface area contributed by atoms with Crippen LogP contribution in [0, 0.1) is 0 Å². The molecule has 0 spiro atoms. The van der Waals surface area contributed by atoms with Crippen LogP contribution < -0.4 is 0 Å². The van der Waals surface area contributed by atoms with Gasteiger partial charge in [0.2, 0.25) is 0 Å². The number of carbonyl (C=O) groups excluding carboxylic acids is 1. The number of hydrogen-bond donors (Lipinski definition) is 0. The fourth-order valence-corrected chi connectivity index (χ4v) is 1.19. The van der Waals surface area contributed by atoms with E-state index in [9.17, 15) is 4.79 Å². The Labute approximate surface area is 89.4 Å². The molecule has 0 aromatic heterocycles. The van der Waals surface area contributed by atoms with Gasteiger partial charge in [0.25, 0.3) is 0 Å². The van der Waals surface area contributed by atoms with Crippen LogP contribution in [-0.2, 0) is 11.2 Å². The zero-order valence-corrected chi connectivity index (χ0v) is 8.92. The highest BCUT2D eigenvalue weighted by Gasteiger charge is 1.92. The lowest BCUT2D eigenvalue weighted by Crippen LogP contribution is -1.91. The van der Waals surface area contributed by atoms with Crippen LogP contribution >= 0.6 is 11.6 Å². The standard InChI is InChI=1S/C12H13ClO/c1-2-10-3-5-11(6-4-10)7-8-12(14)9-13/h3-8H,2,9H2,1H3. The van der Waals surface area contributed by atoms with Gasteiger partial charge in [-0.2, -0.15) is 0 Å². The van der Waals surface area contributed by atoms with E-state index in [4.69, 9.17) is 11.6 Å². The Bertz CT molecular complexity index is 325. The van der Waals surface area contributed by atoms with Gasteiger partial charge in [-0.3, -0.25) is 4.79 Å². The summed E-state index contributed by atoms with van der Waals surface area (Å²) in [7, 11) is 0. The van der Waals surface area contributed by atoms with Gasteiger partial charge in [-0.25, -0.2) is 0 Å². The molecule has 0 N–H and O–H groups in total. The van der Waals surface area contributed by atoms with E-state index < -0.39 is 0 Å². The largest absolute Gasteiger partial charge is 0.294 e. The number of carbonyl (C=O) groups is 1. The summed E-state index contributed by atoms with van der Waals surface area (Å²) in [4.78, 5) is 10.9. The predicted molar refractivity (Wildman–Crippen MR) is 60.6 cm³/mol. The van der Waals surface area contributed by atoms with Crippen molar-refractivity contribution in [3.05, 3.63) is 41.5 Å². The minimum atomic E-state index is -0.0637. The quantitative estimate of drug-likeness (QED) is 0.549. The number of aryl methyl sites for hydroxylation is 1. The zero-order valence-electron chi connectivity index (χ0n) is 8.16.